The van der Waals surface area contributed by atoms with Crippen LogP contribution in [-0.2, 0) is 13.0 Å². The monoisotopic (exact) mass is 250 g/mol. The summed E-state index contributed by atoms with van der Waals surface area (Å²) in [6, 6.07) is 15.4. The Morgan fingerprint density at radius 3 is 2.74 bits per heavy atom. The van der Waals surface area contributed by atoms with E-state index in [0.29, 0.717) is 0 Å². The molecule has 2 aromatic rings. The molecule has 0 saturated heterocycles. The number of benzene rings is 2. The van der Waals surface area contributed by atoms with Crippen LogP contribution in [0, 0.1) is 0 Å². The Balaban J connectivity index is 1.90. The van der Waals surface area contributed by atoms with E-state index in [0.717, 1.165) is 19.6 Å². The van der Waals surface area contributed by atoms with Crippen molar-refractivity contribution in [3.8, 4) is 11.1 Å². The van der Waals surface area contributed by atoms with Crippen LogP contribution in [0.5, 0.6) is 0 Å². The molecule has 4 rings (SSSR count). The van der Waals surface area contributed by atoms with Gasteiger partial charge in [-0.2, -0.15) is 0 Å². The van der Waals surface area contributed by atoms with Gasteiger partial charge in [-0.1, -0.05) is 42.5 Å². The minimum atomic E-state index is 1.01. The Bertz CT molecular complexity index is 604. The van der Waals surface area contributed by atoms with E-state index < -0.39 is 0 Å². The van der Waals surface area contributed by atoms with Crippen LogP contribution in [0.1, 0.15) is 11.1 Å². The Morgan fingerprint density at radius 1 is 0.947 bits per heavy atom. The second-order valence-electron chi connectivity index (χ2n) is 5.38. The van der Waals surface area contributed by atoms with Crippen molar-refractivity contribution in [2.45, 2.75) is 13.0 Å². The van der Waals surface area contributed by atoms with Gasteiger partial charge in [0.1, 0.15) is 0 Å². The summed E-state index contributed by atoms with van der Waals surface area (Å²) < 4.78 is 0. The molecule has 0 atom stereocenters. The molecule has 96 valence electrons. The Labute approximate surface area is 114 Å². The molecule has 0 unspecified atom stereocenters. The van der Waals surface area contributed by atoms with Crippen molar-refractivity contribution in [2.75, 3.05) is 24.5 Å². The molecule has 2 nitrogen and oxygen atoms in total. The van der Waals surface area contributed by atoms with Gasteiger partial charge < -0.3 is 10.2 Å². The third-order valence-corrected chi connectivity index (χ3v) is 4.27. The highest BCUT2D eigenvalue weighted by Gasteiger charge is 2.26. The summed E-state index contributed by atoms with van der Waals surface area (Å²) in [6.07, 6.45) is 1.19. The molecule has 0 saturated carbocycles. The van der Waals surface area contributed by atoms with Crippen LogP contribution in [0.15, 0.2) is 42.5 Å². The van der Waals surface area contributed by atoms with Crippen LogP contribution < -0.4 is 10.2 Å². The first kappa shape index (κ1) is 11.1. The molecular formula is C17H18N2. The third-order valence-electron chi connectivity index (χ3n) is 4.27. The van der Waals surface area contributed by atoms with Crippen molar-refractivity contribution in [3.05, 3.63) is 53.6 Å². The highest BCUT2D eigenvalue weighted by Crippen LogP contribution is 2.39. The van der Waals surface area contributed by atoms with Gasteiger partial charge in [0, 0.05) is 31.9 Å². The number of hydrogen-bond acceptors (Lipinski definition) is 2. The van der Waals surface area contributed by atoms with Crippen LogP contribution in [-0.4, -0.2) is 19.6 Å². The lowest BCUT2D eigenvalue weighted by Crippen LogP contribution is -2.27. The average molecular weight is 250 g/mol. The first-order chi connectivity index (χ1) is 9.43. The van der Waals surface area contributed by atoms with E-state index in [2.05, 4.69) is 52.7 Å². The molecule has 0 amide bonds. The van der Waals surface area contributed by atoms with Crippen molar-refractivity contribution in [3.63, 3.8) is 0 Å². The standard InChI is InChI=1S/C17H18N2/c1-2-4-13(5-3-1)15-7-6-14-12-18-9-11-19-10-8-16(15)17(14)19/h1-7,18H,8-12H2. The van der Waals surface area contributed by atoms with Crippen LogP contribution in [0.3, 0.4) is 0 Å². The lowest BCUT2D eigenvalue weighted by Gasteiger charge is -2.19. The van der Waals surface area contributed by atoms with Gasteiger partial charge in [0.25, 0.3) is 0 Å². The zero-order valence-electron chi connectivity index (χ0n) is 11.0. The van der Waals surface area contributed by atoms with Crippen LogP contribution in [0.4, 0.5) is 5.69 Å². The molecule has 2 aliphatic heterocycles. The average Bonchev–Trinajstić information content (AvgIpc) is 2.77. The minimum absolute atomic E-state index is 1.01. The maximum absolute atomic E-state index is 3.51. The van der Waals surface area contributed by atoms with Crippen LogP contribution >= 0.6 is 0 Å². The van der Waals surface area contributed by atoms with Gasteiger partial charge >= 0.3 is 0 Å². The van der Waals surface area contributed by atoms with Gasteiger partial charge in [-0.25, -0.2) is 0 Å². The van der Waals surface area contributed by atoms with E-state index in [-0.39, 0.29) is 0 Å². The predicted octanol–water partition coefficient (Wildman–Crippen LogP) is 2.82. The first-order valence-corrected chi connectivity index (χ1v) is 7.09. The molecule has 2 heteroatoms. The number of nitrogens with zero attached hydrogens (tertiary/aromatic N) is 1. The van der Waals surface area contributed by atoms with Crippen molar-refractivity contribution in [1.29, 1.82) is 0 Å². The molecule has 0 aliphatic carbocycles. The van der Waals surface area contributed by atoms with Gasteiger partial charge in [0.2, 0.25) is 0 Å². The lowest BCUT2D eigenvalue weighted by atomic mass is 9.95. The molecule has 2 aliphatic rings. The number of rotatable bonds is 1. The maximum Gasteiger partial charge on any atom is 0.0451 e. The highest BCUT2D eigenvalue weighted by atomic mass is 15.2. The van der Waals surface area contributed by atoms with Crippen molar-refractivity contribution in [2.24, 2.45) is 0 Å². The van der Waals surface area contributed by atoms with E-state index in [9.17, 15) is 0 Å². The molecule has 2 heterocycles. The van der Waals surface area contributed by atoms with Crippen molar-refractivity contribution < 1.29 is 0 Å². The molecule has 0 radical (unpaired) electrons. The van der Waals surface area contributed by atoms with Crippen LogP contribution in [0.2, 0.25) is 0 Å². The second-order valence-corrected chi connectivity index (χ2v) is 5.38. The van der Waals surface area contributed by atoms with E-state index in [1.165, 1.54) is 35.3 Å². The third kappa shape index (κ3) is 1.75. The minimum Gasteiger partial charge on any atom is -0.369 e. The lowest BCUT2D eigenvalue weighted by molar-refractivity contribution is 0.692. The largest absolute Gasteiger partial charge is 0.369 e. The number of nitrogens with one attached hydrogen (secondary N) is 1. The van der Waals surface area contributed by atoms with E-state index >= 15 is 0 Å². The fourth-order valence-corrected chi connectivity index (χ4v) is 3.38. The zero-order chi connectivity index (χ0) is 12.7. The topological polar surface area (TPSA) is 15.3 Å². The van der Waals surface area contributed by atoms with E-state index in [1.54, 1.807) is 5.56 Å². The molecule has 1 N–H and O–H groups in total. The smallest absolute Gasteiger partial charge is 0.0451 e. The summed E-state index contributed by atoms with van der Waals surface area (Å²) in [5, 5.41) is 3.51. The maximum atomic E-state index is 3.51. The van der Waals surface area contributed by atoms with Gasteiger partial charge in [0.05, 0.1) is 0 Å². The summed E-state index contributed by atoms with van der Waals surface area (Å²) in [7, 11) is 0. The summed E-state index contributed by atoms with van der Waals surface area (Å²) in [6.45, 7) is 4.41. The fraction of sp³-hybridized carbons (Fsp3) is 0.294. The molecule has 0 aromatic heterocycles. The number of hydrogen-bond donors (Lipinski definition) is 1. The zero-order valence-corrected chi connectivity index (χ0v) is 11.0. The number of anilines is 1. The molecule has 2 aromatic carbocycles. The Morgan fingerprint density at radius 2 is 1.84 bits per heavy atom. The molecule has 0 bridgehead atoms. The Hall–Kier alpha value is -1.80. The summed E-state index contributed by atoms with van der Waals surface area (Å²) in [4.78, 5) is 2.55. The predicted molar refractivity (Wildman–Crippen MR) is 79.5 cm³/mol. The SMILES string of the molecule is c1ccc(-c2ccc3c4c2CCN4CCNC3)cc1. The highest BCUT2D eigenvalue weighted by molar-refractivity contribution is 5.79. The first-order valence-electron chi connectivity index (χ1n) is 7.09. The summed E-state index contributed by atoms with van der Waals surface area (Å²) in [5.41, 5.74) is 7.28. The Kier molecular flexibility index (Phi) is 2.56. The van der Waals surface area contributed by atoms with Gasteiger partial charge in [-0.15, -0.1) is 0 Å². The molecular weight excluding hydrogens is 232 g/mol. The fourth-order valence-electron chi connectivity index (χ4n) is 3.38. The van der Waals surface area contributed by atoms with Crippen LogP contribution in [0.25, 0.3) is 11.1 Å². The molecule has 0 fully saturated rings. The van der Waals surface area contributed by atoms with Gasteiger partial charge in [-0.3, -0.25) is 0 Å². The molecule has 19 heavy (non-hydrogen) atoms. The summed E-state index contributed by atoms with van der Waals surface area (Å²) >= 11 is 0. The van der Waals surface area contributed by atoms with E-state index in [1.807, 2.05) is 0 Å². The molecule has 0 spiro atoms. The van der Waals surface area contributed by atoms with Gasteiger partial charge in [0.15, 0.2) is 0 Å². The normalized spacial score (nSPS) is 17.2. The van der Waals surface area contributed by atoms with E-state index in [4.69, 9.17) is 0 Å². The van der Waals surface area contributed by atoms with Gasteiger partial charge in [-0.05, 0) is 28.7 Å². The summed E-state index contributed by atoms with van der Waals surface area (Å²) in [5.74, 6) is 0. The quantitative estimate of drug-likeness (QED) is 0.837. The van der Waals surface area contributed by atoms with Crippen molar-refractivity contribution >= 4 is 5.69 Å². The van der Waals surface area contributed by atoms with Crippen molar-refractivity contribution in [1.82, 2.24) is 5.32 Å². The second kappa shape index (κ2) is 4.39.